The van der Waals surface area contributed by atoms with Crippen LogP contribution >= 0.6 is 0 Å². The van der Waals surface area contributed by atoms with Crippen LogP contribution in [-0.2, 0) is 5.41 Å². The van der Waals surface area contributed by atoms with Gasteiger partial charge in [0.25, 0.3) is 0 Å². The molecule has 0 saturated heterocycles. The van der Waals surface area contributed by atoms with Gasteiger partial charge in [-0.05, 0) is 47.7 Å². The van der Waals surface area contributed by atoms with E-state index < -0.39 is 0 Å². The van der Waals surface area contributed by atoms with Crippen molar-refractivity contribution in [3.63, 3.8) is 0 Å². The van der Waals surface area contributed by atoms with Crippen LogP contribution in [0.2, 0.25) is 0 Å². The first-order valence-corrected chi connectivity index (χ1v) is 8.76. The number of aryl methyl sites for hydroxylation is 1. The second-order valence-electron chi connectivity index (χ2n) is 7.31. The summed E-state index contributed by atoms with van der Waals surface area (Å²) in [5.41, 5.74) is 4.30. The maximum absolute atomic E-state index is 5.79. The number of aliphatic imine (C=N–C) groups is 2. The van der Waals surface area contributed by atoms with Crippen LogP contribution in [0.15, 0.2) is 75.1 Å². The third-order valence-corrected chi connectivity index (χ3v) is 4.14. The zero-order chi connectivity index (χ0) is 18.6. The van der Waals surface area contributed by atoms with E-state index in [9.17, 15) is 0 Å². The number of nitrogens with zero attached hydrogens (tertiary/aromatic N) is 2. The largest absolute Gasteiger partial charge is 0.454 e. The molecule has 3 aromatic rings. The molecule has 0 aliphatic heterocycles. The van der Waals surface area contributed by atoms with Gasteiger partial charge in [0.2, 0.25) is 0 Å². The van der Waals surface area contributed by atoms with Crippen LogP contribution in [-0.4, -0.2) is 12.4 Å². The van der Waals surface area contributed by atoms with E-state index in [4.69, 9.17) is 4.42 Å². The van der Waals surface area contributed by atoms with Gasteiger partial charge in [0, 0.05) is 0 Å². The first-order chi connectivity index (χ1) is 12.4. The first kappa shape index (κ1) is 17.9. The molecule has 3 nitrogen and oxygen atoms in total. The molecule has 1 heterocycles. The molecule has 0 aliphatic rings. The van der Waals surface area contributed by atoms with Crippen molar-refractivity contribution < 1.29 is 4.42 Å². The molecular weight excluding hydrogens is 320 g/mol. The molecule has 26 heavy (non-hydrogen) atoms. The average molecular weight is 344 g/mol. The summed E-state index contributed by atoms with van der Waals surface area (Å²) >= 11 is 0. The Balaban J connectivity index is 1.77. The molecule has 0 unspecified atom stereocenters. The Kier molecular flexibility index (Phi) is 5.17. The van der Waals surface area contributed by atoms with Crippen LogP contribution in [0.25, 0.3) is 0 Å². The van der Waals surface area contributed by atoms with E-state index in [2.05, 4.69) is 36.8 Å². The van der Waals surface area contributed by atoms with E-state index in [1.165, 1.54) is 5.56 Å². The maximum Gasteiger partial charge on any atom is 0.145 e. The van der Waals surface area contributed by atoms with Gasteiger partial charge < -0.3 is 4.42 Å². The fourth-order valence-electron chi connectivity index (χ4n) is 2.70. The summed E-state index contributed by atoms with van der Waals surface area (Å²) < 4.78 is 5.79. The molecule has 0 aliphatic carbocycles. The molecule has 0 radical (unpaired) electrons. The number of para-hydroxylation sites is 2. The van der Waals surface area contributed by atoms with E-state index in [1.54, 1.807) is 12.4 Å². The lowest BCUT2D eigenvalue weighted by Crippen LogP contribution is -2.10. The normalized spacial score (nSPS) is 12.3. The predicted molar refractivity (Wildman–Crippen MR) is 110 cm³/mol. The molecule has 0 fully saturated rings. The second kappa shape index (κ2) is 7.52. The van der Waals surface area contributed by atoms with Crippen LogP contribution in [0, 0.1) is 6.92 Å². The Hall–Kier alpha value is -2.94. The highest BCUT2D eigenvalue weighted by Gasteiger charge is 2.16. The van der Waals surface area contributed by atoms with E-state index >= 15 is 0 Å². The lowest BCUT2D eigenvalue weighted by Gasteiger charge is -2.20. The molecule has 3 heteroatoms. The zero-order valence-corrected chi connectivity index (χ0v) is 15.7. The Morgan fingerprint density at radius 3 is 1.88 bits per heavy atom. The fourth-order valence-corrected chi connectivity index (χ4v) is 2.70. The van der Waals surface area contributed by atoms with Crippen molar-refractivity contribution in [3.05, 3.63) is 83.3 Å². The van der Waals surface area contributed by atoms with Crippen molar-refractivity contribution in [2.75, 3.05) is 0 Å². The number of furan rings is 1. The van der Waals surface area contributed by atoms with Crippen molar-refractivity contribution in [1.82, 2.24) is 0 Å². The number of benzene rings is 2. The quantitative estimate of drug-likeness (QED) is 0.505. The van der Waals surface area contributed by atoms with Crippen LogP contribution in [0.3, 0.4) is 0 Å². The molecule has 3 rings (SSSR count). The summed E-state index contributed by atoms with van der Waals surface area (Å²) in [7, 11) is 0. The predicted octanol–water partition coefficient (Wildman–Crippen LogP) is 6.39. The monoisotopic (exact) mass is 344 g/mol. The molecule has 0 N–H and O–H groups in total. The Morgan fingerprint density at radius 2 is 1.27 bits per heavy atom. The first-order valence-electron chi connectivity index (χ1n) is 8.76. The van der Waals surface area contributed by atoms with Gasteiger partial charge in [-0.1, -0.05) is 57.2 Å². The van der Waals surface area contributed by atoms with Gasteiger partial charge in [-0.3, -0.25) is 9.98 Å². The summed E-state index contributed by atoms with van der Waals surface area (Å²) in [6.45, 7) is 8.61. The summed E-state index contributed by atoms with van der Waals surface area (Å²) in [5.74, 6) is 1.42. The zero-order valence-electron chi connectivity index (χ0n) is 15.7. The summed E-state index contributed by atoms with van der Waals surface area (Å²) in [6, 6.07) is 20.0. The van der Waals surface area contributed by atoms with Crippen LogP contribution in [0.4, 0.5) is 11.4 Å². The van der Waals surface area contributed by atoms with Gasteiger partial charge in [-0.2, -0.15) is 0 Å². The highest BCUT2D eigenvalue weighted by molar-refractivity contribution is 5.83. The molecule has 132 valence electrons. The highest BCUT2D eigenvalue weighted by atomic mass is 16.3. The Morgan fingerprint density at radius 1 is 0.731 bits per heavy atom. The molecule has 2 aromatic carbocycles. The van der Waals surface area contributed by atoms with Crippen molar-refractivity contribution in [2.24, 2.45) is 9.98 Å². The third kappa shape index (κ3) is 4.37. The molecular formula is C23H24N2O. The van der Waals surface area contributed by atoms with Crippen LogP contribution < -0.4 is 0 Å². The van der Waals surface area contributed by atoms with E-state index in [0.717, 1.165) is 16.9 Å². The number of rotatable bonds is 4. The van der Waals surface area contributed by atoms with E-state index in [0.29, 0.717) is 11.5 Å². The molecule has 0 amide bonds. The maximum atomic E-state index is 5.79. The average Bonchev–Trinajstić information content (AvgIpc) is 3.07. The smallest absolute Gasteiger partial charge is 0.145 e. The summed E-state index contributed by atoms with van der Waals surface area (Å²) in [6.07, 6.45) is 3.50. The van der Waals surface area contributed by atoms with E-state index in [-0.39, 0.29) is 5.41 Å². The van der Waals surface area contributed by atoms with Crippen molar-refractivity contribution in [1.29, 1.82) is 0 Å². The number of hydrogen-bond donors (Lipinski definition) is 0. The minimum Gasteiger partial charge on any atom is -0.454 e. The van der Waals surface area contributed by atoms with Gasteiger partial charge in [0.05, 0.1) is 23.8 Å². The van der Waals surface area contributed by atoms with Gasteiger partial charge in [0.15, 0.2) is 0 Å². The molecule has 0 saturated carbocycles. The Labute approximate surface area is 155 Å². The van der Waals surface area contributed by atoms with Gasteiger partial charge in [0.1, 0.15) is 11.5 Å². The van der Waals surface area contributed by atoms with Crippen LogP contribution in [0.1, 0.15) is 43.4 Å². The fraction of sp³-hybridized carbons (Fsp3) is 0.217. The number of hydrogen-bond acceptors (Lipinski definition) is 3. The minimum absolute atomic E-state index is 0.0441. The van der Waals surface area contributed by atoms with Crippen molar-refractivity contribution >= 4 is 23.8 Å². The van der Waals surface area contributed by atoms with Crippen LogP contribution in [0.5, 0.6) is 0 Å². The van der Waals surface area contributed by atoms with Gasteiger partial charge in [-0.25, -0.2) is 0 Å². The van der Waals surface area contributed by atoms with E-state index in [1.807, 2.05) is 61.5 Å². The Bertz CT molecular complexity index is 943. The minimum atomic E-state index is 0.0441. The SMILES string of the molecule is Cc1ccccc1N=Cc1ccc(C=Nc2ccccc2C(C)(C)C)o1. The molecule has 1 aromatic heterocycles. The molecule has 0 spiro atoms. The van der Waals surface area contributed by atoms with Gasteiger partial charge in [-0.15, -0.1) is 0 Å². The topological polar surface area (TPSA) is 37.9 Å². The lowest BCUT2D eigenvalue weighted by molar-refractivity contribution is 0.553. The summed E-state index contributed by atoms with van der Waals surface area (Å²) in [4.78, 5) is 9.12. The van der Waals surface area contributed by atoms with Crippen molar-refractivity contribution in [3.8, 4) is 0 Å². The lowest BCUT2D eigenvalue weighted by atomic mass is 9.86. The highest BCUT2D eigenvalue weighted by Crippen LogP contribution is 2.31. The standard InChI is InChI=1S/C23H24N2O/c1-17-9-5-7-11-21(17)24-15-18-13-14-19(26-18)16-25-22-12-8-6-10-20(22)23(2,3)4/h5-16H,1-4H3. The molecule has 0 bridgehead atoms. The van der Waals surface area contributed by atoms with Gasteiger partial charge >= 0.3 is 0 Å². The molecule has 0 atom stereocenters. The van der Waals surface area contributed by atoms with Crippen molar-refractivity contribution in [2.45, 2.75) is 33.1 Å². The summed E-state index contributed by atoms with van der Waals surface area (Å²) in [5, 5.41) is 0. The second-order valence-corrected chi connectivity index (χ2v) is 7.31. The third-order valence-electron chi connectivity index (χ3n) is 4.14.